The second kappa shape index (κ2) is 6.30. The Hall–Kier alpha value is -1.49. The maximum absolute atomic E-state index is 11.8. The molecular formula is C12H14O4S. The number of Topliss-reactive ketones (excluding diaryl/α,β-unsaturated/α-hetero) is 1. The number of carbonyl (C=O) groups is 2. The molecule has 0 fully saturated rings. The third-order valence-electron chi connectivity index (χ3n) is 2.34. The van der Waals surface area contributed by atoms with Crippen LogP contribution in [0.15, 0.2) is 24.3 Å². The molecule has 0 aliphatic rings. The van der Waals surface area contributed by atoms with Gasteiger partial charge in [0.2, 0.25) is 0 Å². The highest BCUT2D eigenvalue weighted by atomic mass is 32.2. The van der Waals surface area contributed by atoms with Crippen molar-refractivity contribution in [1.29, 1.82) is 0 Å². The zero-order valence-corrected chi connectivity index (χ0v) is 10.5. The maximum atomic E-state index is 11.8. The number of methoxy groups -OCH3 is 1. The Morgan fingerprint density at radius 3 is 2.35 bits per heavy atom. The largest absolute Gasteiger partial charge is 0.497 e. The quantitative estimate of drug-likeness (QED) is 0.787. The molecule has 1 N–H and O–H groups in total. The van der Waals surface area contributed by atoms with E-state index in [4.69, 9.17) is 9.84 Å². The average Bonchev–Trinajstić information content (AvgIpc) is 2.35. The number of hydrogen-bond donors (Lipinski definition) is 1. The second-order valence-electron chi connectivity index (χ2n) is 3.42. The monoisotopic (exact) mass is 254 g/mol. The Morgan fingerprint density at radius 2 is 1.94 bits per heavy atom. The van der Waals surface area contributed by atoms with Gasteiger partial charge in [-0.25, -0.2) is 0 Å². The van der Waals surface area contributed by atoms with Crippen molar-refractivity contribution in [2.75, 3.05) is 13.4 Å². The first-order valence-electron chi connectivity index (χ1n) is 5.01. The zero-order valence-electron chi connectivity index (χ0n) is 9.67. The number of hydrogen-bond acceptors (Lipinski definition) is 4. The summed E-state index contributed by atoms with van der Waals surface area (Å²) in [5.41, 5.74) is 0.506. The number of carboxylic acid groups (broad SMARTS) is 1. The average molecular weight is 254 g/mol. The van der Waals surface area contributed by atoms with Crippen LogP contribution >= 0.6 is 11.8 Å². The molecule has 92 valence electrons. The van der Waals surface area contributed by atoms with Crippen LogP contribution in [0.5, 0.6) is 5.75 Å². The van der Waals surface area contributed by atoms with Crippen LogP contribution in [0.3, 0.4) is 0 Å². The molecule has 0 aliphatic heterocycles. The number of ether oxygens (including phenoxy) is 1. The number of aliphatic carboxylic acids is 1. The molecule has 1 aromatic carbocycles. The Kier molecular flexibility index (Phi) is 5.03. The van der Waals surface area contributed by atoms with E-state index >= 15 is 0 Å². The van der Waals surface area contributed by atoms with Crippen molar-refractivity contribution < 1.29 is 19.4 Å². The SMILES string of the molecule is COc1ccc(C(=O)CC(SC)C(=O)O)cc1. The summed E-state index contributed by atoms with van der Waals surface area (Å²) in [6.45, 7) is 0. The van der Waals surface area contributed by atoms with E-state index in [1.807, 2.05) is 0 Å². The summed E-state index contributed by atoms with van der Waals surface area (Å²) in [5.74, 6) is -0.463. The lowest BCUT2D eigenvalue weighted by atomic mass is 10.1. The summed E-state index contributed by atoms with van der Waals surface area (Å²) < 4.78 is 4.98. The van der Waals surface area contributed by atoms with Crippen LogP contribution < -0.4 is 4.74 Å². The van der Waals surface area contributed by atoms with E-state index in [0.717, 1.165) is 11.8 Å². The van der Waals surface area contributed by atoms with Gasteiger partial charge in [0.15, 0.2) is 5.78 Å². The van der Waals surface area contributed by atoms with Gasteiger partial charge < -0.3 is 9.84 Å². The fraction of sp³-hybridized carbons (Fsp3) is 0.333. The number of ketones is 1. The van der Waals surface area contributed by atoms with Gasteiger partial charge in [-0.3, -0.25) is 9.59 Å². The predicted octanol–water partition coefficient (Wildman–Crippen LogP) is 2.08. The summed E-state index contributed by atoms with van der Waals surface area (Å²) in [5, 5.41) is 8.17. The van der Waals surface area contributed by atoms with Crippen LogP contribution in [0, 0.1) is 0 Å². The zero-order chi connectivity index (χ0) is 12.8. The third kappa shape index (κ3) is 3.78. The van der Waals surface area contributed by atoms with E-state index < -0.39 is 11.2 Å². The van der Waals surface area contributed by atoms with Crippen molar-refractivity contribution in [2.45, 2.75) is 11.7 Å². The van der Waals surface area contributed by atoms with Gasteiger partial charge in [0.05, 0.1) is 7.11 Å². The summed E-state index contributed by atoms with van der Waals surface area (Å²) in [6, 6.07) is 6.64. The molecule has 4 nitrogen and oxygen atoms in total. The summed E-state index contributed by atoms with van der Waals surface area (Å²) in [7, 11) is 1.55. The van der Waals surface area contributed by atoms with Gasteiger partial charge in [-0.1, -0.05) is 0 Å². The molecule has 5 heteroatoms. The van der Waals surface area contributed by atoms with Crippen LogP contribution in [0.25, 0.3) is 0 Å². The molecule has 1 atom stereocenters. The van der Waals surface area contributed by atoms with Crippen molar-refractivity contribution in [3.63, 3.8) is 0 Å². The first kappa shape index (κ1) is 13.6. The van der Waals surface area contributed by atoms with Gasteiger partial charge in [0.25, 0.3) is 0 Å². The van der Waals surface area contributed by atoms with Crippen LogP contribution in [0.1, 0.15) is 16.8 Å². The maximum Gasteiger partial charge on any atom is 0.317 e. The highest BCUT2D eigenvalue weighted by molar-refractivity contribution is 7.99. The normalized spacial score (nSPS) is 11.9. The van der Waals surface area contributed by atoms with E-state index in [9.17, 15) is 9.59 Å². The number of carbonyl (C=O) groups excluding carboxylic acids is 1. The third-order valence-corrected chi connectivity index (χ3v) is 3.28. The van der Waals surface area contributed by atoms with Gasteiger partial charge in [-0.15, -0.1) is 11.8 Å². The van der Waals surface area contributed by atoms with Gasteiger partial charge >= 0.3 is 5.97 Å². The van der Waals surface area contributed by atoms with E-state index in [0.29, 0.717) is 11.3 Å². The lowest BCUT2D eigenvalue weighted by Gasteiger charge is -2.08. The molecule has 0 bridgehead atoms. The minimum atomic E-state index is -0.959. The topological polar surface area (TPSA) is 63.6 Å². The van der Waals surface area contributed by atoms with Gasteiger partial charge in [-0.2, -0.15) is 0 Å². The summed E-state index contributed by atoms with van der Waals surface area (Å²) in [6.07, 6.45) is 1.68. The number of thioether (sulfide) groups is 1. The van der Waals surface area contributed by atoms with Crippen LogP contribution in [0.2, 0.25) is 0 Å². The molecule has 0 amide bonds. The molecule has 1 rings (SSSR count). The van der Waals surface area contributed by atoms with E-state index in [-0.39, 0.29) is 12.2 Å². The second-order valence-corrected chi connectivity index (χ2v) is 4.46. The van der Waals surface area contributed by atoms with Crippen molar-refractivity contribution in [1.82, 2.24) is 0 Å². The van der Waals surface area contributed by atoms with E-state index in [1.54, 1.807) is 37.6 Å². The Morgan fingerprint density at radius 1 is 1.35 bits per heavy atom. The highest BCUT2D eigenvalue weighted by Gasteiger charge is 2.20. The van der Waals surface area contributed by atoms with Gasteiger partial charge in [-0.05, 0) is 30.5 Å². The molecule has 0 spiro atoms. The van der Waals surface area contributed by atoms with Crippen LogP contribution in [0.4, 0.5) is 0 Å². The number of carboxylic acids is 1. The van der Waals surface area contributed by atoms with Crippen LogP contribution in [-0.4, -0.2) is 35.5 Å². The molecule has 0 aromatic heterocycles. The Bertz CT molecular complexity index is 399. The Labute approximate surface area is 104 Å². The summed E-state index contributed by atoms with van der Waals surface area (Å²) >= 11 is 1.16. The van der Waals surface area contributed by atoms with Gasteiger partial charge in [0.1, 0.15) is 11.0 Å². The molecule has 1 unspecified atom stereocenters. The molecule has 0 saturated heterocycles. The molecule has 1 aromatic rings. The molecule has 0 aliphatic carbocycles. The van der Waals surface area contributed by atoms with Crippen molar-refractivity contribution in [2.24, 2.45) is 0 Å². The molecule has 17 heavy (non-hydrogen) atoms. The minimum absolute atomic E-state index is 0.00281. The lowest BCUT2D eigenvalue weighted by molar-refractivity contribution is -0.136. The minimum Gasteiger partial charge on any atom is -0.497 e. The first-order chi connectivity index (χ1) is 8.08. The molecule has 0 heterocycles. The molecular weight excluding hydrogens is 240 g/mol. The fourth-order valence-electron chi connectivity index (χ4n) is 1.33. The first-order valence-corrected chi connectivity index (χ1v) is 6.30. The fourth-order valence-corrected chi connectivity index (χ4v) is 1.85. The molecule has 0 saturated carbocycles. The standard InChI is InChI=1S/C12H14O4S/c1-16-9-5-3-8(4-6-9)10(13)7-11(17-2)12(14)15/h3-6,11H,7H2,1-2H3,(H,14,15). The summed E-state index contributed by atoms with van der Waals surface area (Å²) in [4.78, 5) is 22.6. The van der Waals surface area contributed by atoms with Crippen LogP contribution in [-0.2, 0) is 4.79 Å². The smallest absolute Gasteiger partial charge is 0.317 e. The lowest BCUT2D eigenvalue weighted by Crippen LogP contribution is -2.20. The molecule has 0 radical (unpaired) electrons. The Balaban J connectivity index is 2.72. The predicted molar refractivity (Wildman–Crippen MR) is 66.9 cm³/mol. The van der Waals surface area contributed by atoms with Crippen molar-refractivity contribution >= 4 is 23.5 Å². The van der Waals surface area contributed by atoms with Crippen molar-refractivity contribution in [3.8, 4) is 5.75 Å². The van der Waals surface area contributed by atoms with Crippen molar-refractivity contribution in [3.05, 3.63) is 29.8 Å². The van der Waals surface area contributed by atoms with Gasteiger partial charge in [0, 0.05) is 12.0 Å². The number of rotatable bonds is 6. The van der Waals surface area contributed by atoms with E-state index in [2.05, 4.69) is 0 Å². The number of benzene rings is 1. The highest BCUT2D eigenvalue weighted by Crippen LogP contribution is 2.17. The van der Waals surface area contributed by atoms with E-state index in [1.165, 1.54) is 0 Å².